The number of hydrogen-bond donors (Lipinski definition) is 1. The van der Waals surface area contributed by atoms with E-state index >= 15 is 0 Å². The van der Waals surface area contributed by atoms with Crippen molar-refractivity contribution in [3.63, 3.8) is 0 Å². The maximum atomic E-state index is 12.6. The summed E-state index contributed by atoms with van der Waals surface area (Å²) in [6.45, 7) is 6.63. The largest absolute Gasteiger partial charge is 0.304 e. The average Bonchev–Trinajstić information content (AvgIpc) is 3.08. The number of amides is 1. The average molecular weight is 456 g/mol. The number of rotatable bonds is 7. The molecule has 1 amide bonds. The number of nitrogens with zero attached hydrogens (tertiary/aromatic N) is 4. The van der Waals surface area contributed by atoms with Crippen LogP contribution in [0.2, 0.25) is 0 Å². The van der Waals surface area contributed by atoms with E-state index in [1.165, 1.54) is 15.6 Å². The third kappa shape index (κ3) is 6.22. The maximum absolute atomic E-state index is 12.6. The molecule has 0 aliphatic carbocycles. The van der Waals surface area contributed by atoms with E-state index in [-0.39, 0.29) is 11.7 Å². The number of hydrogen-bond acceptors (Lipinski definition) is 8. The Labute approximate surface area is 179 Å². The third-order valence-corrected chi connectivity index (χ3v) is 8.16. The lowest BCUT2D eigenvalue weighted by molar-refractivity contribution is 0.102. The number of benzene rings is 1. The van der Waals surface area contributed by atoms with Crippen LogP contribution in [-0.2, 0) is 15.8 Å². The van der Waals surface area contributed by atoms with Gasteiger partial charge in [0.05, 0.1) is 5.75 Å². The molecule has 0 saturated carbocycles. The highest BCUT2D eigenvalue weighted by molar-refractivity contribution is 8.01. The standard InChI is InChI=1S/C18H25N5O3S3/c1-13(2)27-18-21-20-17(28-18)19-16(24)15-6-4-14(5-7-15)12-29(25,26)23-10-8-22(3)9-11-23/h4-7,13H,8-12H2,1-3H3,(H,19,20,24). The Kier molecular flexibility index (Phi) is 7.28. The van der Waals surface area contributed by atoms with Gasteiger partial charge in [0.25, 0.3) is 5.91 Å². The van der Waals surface area contributed by atoms with E-state index < -0.39 is 10.0 Å². The van der Waals surface area contributed by atoms with E-state index in [1.54, 1.807) is 36.0 Å². The zero-order valence-electron chi connectivity index (χ0n) is 16.7. The van der Waals surface area contributed by atoms with Crippen LogP contribution in [0, 0.1) is 0 Å². The minimum Gasteiger partial charge on any atom is -0.304 e. The molecule has 1 aliphatic rings. The molecular formula is C18H25N5O3S3. The van der Waals surface area contributed by atoms with Crippen molar-refractivity contribution in [1.82, 2.24) is 19.4 Å². The molecule has 1 aromatic heterocycles. The SMILES string of the molecule is CC(C)Sc1nnc(NC(=O)c2ccc(CS(=O)(=O)N3CCN(C)CC3)cc2)s1. The quantitative estimate of drug-likeness (QED) is 0.506. The number of carbonyl (C=O) groups excluding carboxylic acids is 1. The van der Waals surface area contributed by atoms with Crippen molar-refractivity contribution in [1.29, 1.82) is 0 Å². The van der Waals surface area contributed by atoms with Gasteiger partial charge in [0.15, 0.2) is 4.34 Å². The fourth-order valence-electron chi connectivity index (χ4n) is 2.80. The van der Waals surface area contributed by atoms with Crippen molar-refractivity contribution >= 4 is 44.2 Å². The third-order valence-electron chi connectivity index (χ3n) is 4.38. The molecule has 8 nitrogen and oxygen atoms in total. The van der Waals surface area contributed by atoms with Crippen LogP contribution >= 0.6 is 23.1 Å². The summed E-state index contributed by atoms with van der Waals surface area (Å²) in [6, 6.07) is 6.63. The summed E-state index contributed by atoms with van der Waals surface area (Å²) in [7, 11) is -1.38. The van der Waals surface area contributed by atoms with Gasteiger partial charge in [0.2, 0.25) is 15.2 Å². The first-order valence-electron chi connectivity index (χ1n) is 9.30. The van der Waals surface area contributed by atoms with Crippen molar-refractivity contribution < 1.29 is 13.2 Å². The number of aromatic nitrogens is 2. The lowest BCUT2D eigenvalue weighted by Gasteiger charge is -2.31. The van der Waals surface area contributed by atoms with Gasteiger partial charge in [-0.2, -0.15) is 4.31 Å². The number of nitrogens with one attached hydrogen (secondary N) is 1. The molecule has 11 heteroatoms. The van der Waals surface area contributed by atoms with E-state index in [9.17, 15) is 13.2 Å². The summed E-state index contributed by atoms with van der Waals surface area (Å²) < 4.78 is 27.6. The number of sulfonamides is 1. The first-order chi connectivity index (χ1) is 13.7. The highest BCUT2D eigenvalue weighted by atomic mass is 32.2. The van der Waals surface area contributed by atoms with Gasteiger partial charge >= 0.3 is 0 Å². The Morgan fingerprint density at radius 1 is 1.17 bits per heavy atom. The topological polar surface area (TPSA) is 95.5 Å². The lowest BCUT2D eigenvalue weighted by Crippen LogP contribution is -2.47. The van der Waals surface area contributed by atoms with Crippen LogP contribution in [0.1, 0.15) is 29.8 Å². The molecule has 0 spiro atoms. The van der Waals surface area contributed by atoms with Crippen LogP contribution in [0.4, 0.5) is 5.13 Å². The van der Waals surface area contributed by atoms with Crippen LogP contribution in [0.15, 0.2) is 28.6 Å². The molecule has 29 heavy (non-hydrogen) atoms. The Morgan fingerprint density at radius 3 is 2.45 bits per heavy atom. The molecule has 2 heterocycles. The second-order valence-corrected chi connectivity index (χ2v) is 11.9. The van der Waals surface area contributed by atoms with Crippen molar-refractivity contribution in [3.8, 4) is 0 Å². The van der Waals surface area contributed by atoms with E-state index in [0.29, 0.717) is 34.6 Å². The van der Waals surface area contributed by atoms with E-state index in [2.05, 4.69) is 34.3 Å². The molecule has 158 valence electrons. The van der Waals surface area contributed by atoms with E-state index in [4.69, 9.17) is 0 Å². The molecule has 0 bridgehead atoms. The van der Waals surface area contributed by atoms with Crippen molar-refractivity contribution in [2.45, 2.75) is 29.2 Å². The second-order valence-electron chi connectivity index (χ2n) is 7.15. The highest BCUT2D eigenvalue weighted by Crippen LogP contribution is 2.28. The highest BCUT2D eigenvalue weighted by Gasteiger charge is 2.25. The monoisotopic (exact) mass is 455 g/mol. The molecule has 3 rings (SSSR count). The molecule has 2 aromatic rings. The number of thioether (sulfide) groups is 1. The summed E-state index contributed by atoms with van der Waals surface area (Å²) in [5.74, 6) is -0.360. The summed E-state index contributed by atoms with van der Waals surface area (Å²) in [5, 5.41) is 11.6. The molecule has 1 saturated heterocycles. The van der Waals surface area contributed by atoms with Crippen LogP contribution in [0.3, 0.4) is 0 Å². The number of anilines is 1. The molecular weight excluding hydrogens is 430 g/mol. The number of carbonyl (C=O) groups is 1. The van der Waals surface area contributed by atoms with Gasteiger partial charge in [-0.05, 0) is 24.7 Å². The van der Waals surface area contributed by atoms with Crippen LogP contribution in [-0.4, -0.2) is 72.2 Å². The van der Waals surface area contributed by atoms with Crippen molar-refractivity contribution in [2.75, 3.05) is 38.5 Å². The van der Waals surface area contributed by atoms with Gasteiger partial charge < -0.3 is 4.90 Å². The van der Waals surface area contributed by atoms with Crippen LogP contribution < -0.4 is 5.32 Å². The molecule has 1 aliphatic heterocycles. The second kappa shape index (κ2) is 9.52. The Bertz CT molecular complexity index is 936. The Balaban J connectivity index is 1.59. The minimum atomic E-state index is -3.36. The molecule has 1 fully saturated rings. The van der Waals surface area contributed by atoms with Crippen LogP contribution in [0.5, 0.6) is 0 Å². The van der Waals surface area contributed by atoms with Crippen molar-refractivity contribution in [3.05, 3.63) is 35.4 Å². The van der Waals surface area contributed by atoms with Gasteiger partial charge in [-0.3, -0.25) is 10.1 Å². The molecule has 0 unspecified atom stereocenters. The Morgan fingerprint density at radius 2 is 1.83 bits per heavy atom. The summed E-state index contributed by atoms with van der Waals surface area (Å²) in [5.41, 5.74) is 1.10. The van der Waals surface area contributed by atoms with Crippen LogP contribution in [0.25, 0.3) is 0 Å². The summed E-state index contributed by atoms with van der Waals surface area (Å²) >= 11 is 2.92. The molecule has 0 atom stereocenters. The van der Waals surface area contributed by atoms with E-state index in [0.717, 1.165) is 17.4 Å². The predicted molar refractivity (Wildman–Crippen MR) is 117 cm³/mol. The predicted octanol–water partition coefficient (Wildman–Crippen LogP) is 2.37. The Hall–Kier alpha value is -1.53. The number of piperazine rings is 1. The molecule has 0 radical (unpaired) electrons. The smallest absolute Gasteiger partial charge is 0.257 e. The van der Waals surface area contributed by atoms with Gasteiger partial charge in [-0.15, -0.1) is 10.2 Å². The zero-order chi connectivity index (χ0) is 21.0. The molecule has 1 aromatic carbocycles. The van der Waals surface area contributed by atoms with E-state index in [1.807, 2.05) is 7.05 Å². The fraction of sp³-hybridized carbons (Fsp3) is 0.500. The first-order valence-corrected chi connectivity index (χ1v) is 12.6. The van der Waals surface area contributed by atoms with Gasteiger partial charge in [-0.1, -0.05) is 49.1 Å². The lowest BCUT2D eigenvalue weighted by atomic mass is 10.1. The maximum Gasteiger partial charge on any atom is 0.257 e. The van der Waals surface area contributed by atoms with Gasteiger partial charge in [0, 0.05) is 37.0 Å². The minimum absolute atomic E-state index is 0.0647. The number of likely N-dealkylation sites (N-methyl/N-ethyl adjacent to an activating group) is 1. The van der Waals surface area contributed by atoms with Gasteiger partial charge in [0.1, 0.15) is 0 Å². The van der Waals surface area contributed by atoms with Crippen molar-refractivity contribution in [2.24, 2.45) is 0 Å². The summed E-state index contributed by atoms with van der Waals surface area (Å²) in [6.07, 6.45) is 0. The van der Waals surface area contributed by atoms with Gasteiger partial charge in [-0.25, -0.2) is 8.42 Å². The first kappa shape index (κ1) is 22.2. The fourth-order valence-corrected chi connectivity index (χ4v) is 6.29. The molecule has 1 N–H and O–H groups in total. The normalized spacial score (nSPS) is 16.3. The zero-order valence-corrected chi connectivity index (χ0v) is 19.1. The summed E-state index contributed by atoms with van der Waals surface area (Å²) in [4.78, 5) is 14.5.